The van der Waals surface area contributed by atoms with Crippen molar-refractivity contribution in [2.45, 2.75) is 26.2 Å². The highest BCUT2D eigenvalue weighted by Crippen LogP contribution is 2.36. The number of nitrogens with zero attached hydrogens (tertiary/aromatic N) is 5. The predicted molar refractivity (Wildman–Crippen MR) is 167 cm³/mol. The van der Waals surface area contributed by atoms with Gasteiger partial charge in [0.25, 0.3) is 0 Å². The zero-order chi connectivity index (χ0) is 29.0. The van der Waals surface area contributed by atoms with Crippen LogP contribution in [0, 0.1) is 11.3 Å². The third kappa shape index (κ3) is 4.27. The van der Waals surface area contributed by atoms with Gasteiger partial charge in [-0.2, -0.15) is 9.83 Å². The van der Waals surface area contributed by atoms with E-state index in [1.807, 2.05) is 49.9 Å². The van der Waals surface area contributed by atoms with Crippen molar-refractivity contribution in [2.24, 2.45) is 7.05 Å². The predicted octanol–water partition coefficient (Wildman–Crippen LogP) is 7.91. The highest BCUT2D eigenvalue weighted by atomic mass is 16.5. The molecule has 6 nitrogen and oxygen atoms in total. The van der Waals surface area contributed by atoms with Crippen molar-refractivity contribution in [3.63, 3.8) is 0 Å². The van der Waals surface area contributed by atoms with Crippen LogP contribution in [-0.2, 0) is 12.5 Å². The van der Waals surface area contributed by atoms with Gasteiger partial charge in [-0.3, -0.25) is 4.57 Å². The summed E-state index contributed by atoms with van der Waals surface area (Å²) in [6.45, 7) is 6.64. The van der Waals surface area contributed by atoms with Crippen LogP contribution >= 0.6 is 0 Å². The second-order valence-corrected chi connectivity index (χ2v) is 11.7. The molecule has 0 saturated heterocycles. The second kappa shape index (κ2) is 9.60. The third-order valence-corrected chi connectivity index (χ3v) is 7.83. The molecular weight excluding hydrogens is 518 g/mol. The van der Waals surface area contributed by atoms with E-state index in [9.17, 15) is 5.26 Å². The number of fused-ring (bicyclic) bond motifs is 4. The Kier molecular flexibility index (Phi) is 5.84. The number of imidazole rings is 1. The molecule has 0 saturated carbocycles. The summed E-state index contributed by atoms with van der Waals surface area (Å²) in [4.78, 5) is 4.79. The van der Waals surface area contributed by atoms with E-state index in [1.54, 1.807) is 6.07 Å². The summed E-state index contributed by atoms with van der Waals surface area (Å²) in [5.41, 5.74) is 6.85. The maximum Gasteiger partial charge on any atom is 0.249 e. The molecule has 4 aromatic carbocycles. The molecule has 6 heteroatoms. The smallest absolute Gasteiger partial charge is 0.249 e. The van der Waals surface area contributed by atoms with Crippen molar-refractivity contribution < 1.29 is 9.30 Å². The average molecular weight is 549 g/mol. The molecule has 0 spiro atoms. The Hall–Kier alpha value is -5.41. The molecular formula is C36H30N5O+. The molecule has 204 valence electrons. The van der Waals surface area contributed by atoms with Crippen LogP contribution in [0.4, 0.5) is 0 Å². The summed E-state index contributed by atoms with van der Waals surface area (Å²) in [6, 6.07) is 34.9. The minimum absolute atomic E-state index is 0.00369. The topological polar surface area (TPSA) is 59.6 Å². The number of rotatable bonds is 4. The number of ether oxygens (including phenoxy) is 1. The first kappa shape index (κ1) is 25.6. The van der Waals surface area contributed by atoms with Gasteiger partial charge in [-0.25, -0.2) is 9.55 Å². The molecule has 0 N–H and O–H groups in total. The molecule has 7 rings (SSSR count). The number of hydrogen-bond donors (Lipinski definition) is 0. The molecule has 7 aromatic rings. The fourth-order valence-corrected chi connectivity index (χ4v) is 5.72. The summed E-state index contributed by atoms with van der Waals surface area (Å²) in [5.74, 6) is 2.15. The zero-order valence-electron chi connectivity index (χ0n) is 24.0. The number of benzene rings is 4. The molecule has 0 unspecified atom stereocenters. The Morgan fingerprint density at radius 2 is 1.55 bits per heavy atom. The monoisotopic (exact) mass is 548 g/mol. The zero-order valence-corrected chi connectivity index (χ0v) is 24.0. The summed E-state index contributed by atoms with van der Waals surface area (Å²) >= 11 is 0. The van der Waals surface area contributed by atoms with E-state index in [0.29, 0.717) is 17.1 Å². The SMILES string of the molecule is C[n+]1cn(-c2cc(C#N)cc(Oc3ccc4c5ccccc5n(-c5cc(C(C)(C)C)ccn5)c4c3)c2)c2ccccc21. The van der Waals surface area contributed by atoms with Crippen molar-refractivity contribution in [3.8, 4) is 29.1 Å². The maximum absolute atomic E-state index is 9.85. The Morgan fingerprint density at radius 3 is 2.36 bits per heavy atom. The quantitative estimate of drug-likeness (QED) is 0.210. The van der Waals surface area contributed by atoms with Crippen LogP contribution in [0.25, 0.3) is 44.3 Å². The largest absolute Gasteiger partial charge is 0.457 e. The number of pyridine rings is 1. The van der Waals surface area contributed by atoms with Gasteiger partial charge in [-0.15, -0.1) is 0 Å². The van der Waals surface area contributed by atoms with E-state index in [2.05, 4.69) is 101 Å². The van der Waals surface area contributed by atoms with Gasteiger partial charge < -0.3 is 4.74 Å². The first-order valence-corrected chi connectivity index (χ1v) is 14.0. The first-order chi connectivity index (χ1) is 20.3. The van der Waals surface area contributed by atoms with Crippen molar-refractivity contribution in [2.75, 3.05) is 0 Å². The molecule has 0 bridgehead atoms. The summed E-state index contributed by atoms with van der Waals surface area (Å²) in [5, 5.41) is 12.1. The van der Waals surface area contributed by atoms with Gasteiger partial charge in [0.2, 0.25) is 6.33 Å². The minimum Gasteiger partial charge on any atom is -0.457 e. The highest BCUT2D eigenvalue weighted by molar-refractivity contribution is 6.09. The number of nitriles is 1. The lowest BCUT2D eigenvalue weighted by atomic mass is 9.88. The van der Waals surface area contributed by atoms with Crippen molar-refractivity contribution >= 4 is 32.8 Å². The first-order valence-electron chi connectivity index (χ1n) is 14.0. The van der Waals surface area contributed by atoms with E-state index < -0.39 is 0 Å². The van der Waals surface area contributed by atoms with Crippen LogP contribution in [0.15, 0.2) is 110 Å². The van der Waals surface area contributed by atoms with Crippen LogP contribution in [0.5, 0.6) is 11.5 Å². The van der Waals surface area contributed by atoms with Gasteiger partial charge >= 0.3 is 0 Å². The molecule has 0 radical (unpaired) electrons. The fraction of sp³-hybridized carbons (Fsp3) is 0.139. The normalized spacial score (nSPS) is 11.8. The molecule has 0 atom stereocenters. The van der Waals surface area contributed by atoms with Gasteiger partial charge in [0, 0.05) is 35.2 Å². The molecule has 3 aromatic heterocycles. The molecule has 0 aliphatic carbocycles. The van der Waals surface area contributed by atoms with Crippen molar-refractivity contribution in [1.29, 1.82) is 5.26 Å². The standard InChI is InChI=1S/C36H30N5O/c1-36(2,3)25-15-16-38-35(19-25)41-31-10-6-5-9-29(31)30-14-13-27(21-34(30)41)42-28-18-24(22-37)17-26(20-28)40-23-39(4)32-11-7-8-12-33(32)40/h5-21,23H,1-4H3/q+1. The van der Waals surface area contributed by atoms with Gasteiger partial charge in [-0.1, -0.05) is 51.1 Å². The van der Waals surface area contributed by atoms with Gasteiger partial charge in [0.05, 0.1) is 29.7 Å². The molecule has 42 heavy (non-hydrogen) atoms. The summed E-state index contributed by atoms with van der Waals surface area (Å²) < 4.78 is 12.8. The van der Waals surface area contributed by atoms with Crippen LogP contribution < -0.4 is 9.30 Å². The average Bonchev–Trinajstić information content (AvgIpc) is 3.51. The Morgan fingerprint density at radius 1 is 0.786 bits per heavy atom. The highest BCUT2D eigenvalue weighted by Gasteiger charge is 2.19. The number of aromatic nitrogens is 4. The third-order valence-electron chi connectivity index (χ3n) is 7.83. The fourth-order valence-electron chi connectivity index (χ4n) is 5.72. The number of hydrogen-bond acceptors (Lipinski definition) is 3. The van der Waals surface area contributed by atoms with E-state index in [1.165, 1.54) is 5.56 Å². The van der Waals surface area contributed by atoms with Crippen LogP contribution in [0.1, 0.15) is 31.9 Å². The number of para-hydroxylation sites is 3. The summed E-state index contributed by atoms with van der Waals surface area (Å²) in [7, 11) is 2.02. The van der Waals surface area contributed by atoms with Gasteiger partial charge in [0.15, 0.2) is 11.0 Å². The van der Waals surface area contributed by atoms with Crippen LogP contribution in [0.2, 0.25) is 0 Å². The van der Waals surface area contributed by atoms with E-state index in [0.717, 1.165) is 44.3 Å². The van der Waals surface area contributed by atoms with Gasteiger partial charge in [-0.05, 0) is 59.5 Å². The molecule has 3 heterocycles. The Bertz CT molecular complexity index is 2190. The van der Waals surface area contributed by atoms with E-state index in [4.69, 9.17) is 9.72 Å². The minimum atomic E-state index is -0.00369. The Labute approximate surface area is 244 Å². The second-order valence-electron chi connectivity index (χ2n) is 11.7. The maximum atomic E-state index is 9.85. The Balaban J connectivity index is 1.36. The lowest BCUT2D eigenvalue weighted by molar-refractivity contribution is -0.645. The van der Waals surface area contributed by atoms with E-state index in [-0.39, 0.29) is 5.41 Å². The lowest BCUT2D eigenvalue weighted by Crippen LogP contribution is -2.25. The van der Waals surface area contributed by atoms with Crippen molar-refractivity contribution in [3.05, 3.63) is 121 Å². The molecule has 0 amide bonds. The molecule has 0 aliphatic rings. The van der Waals surface area contributed by atoms with E-state index >= 15 is 0 Å². The summed E-state index contributed by atoms with van der Waals surface area (Å²) in [6.07, 6.45) is 3.91. The van der Waals surface area contributed by atoms with Crippen LogP contribution in [-0.4, -0.2) is 14.1 Å². The lowest BCUT2D eigenvalue weighted by Gasteiger charge is -2.20. The van der Waals surface area contributed by atoms with Gasteiger partial charge in [0.1, 0.15) is 23.0 Å². The number of aryl methyl sites for hydroxylation is 1. The molecule has 0 aliphatic heterocycles. The van der Waals surface area contributed by atoms with Crippen LogP contribution in [0.3, 0.4) is 0 Å². The molecule has 0 fully saturated rings. The van der Waals surface area contributed by atoms with Crippen molar-refractivity contribution in [1.82, 2.24) is 14.1 Å².